The van der Waals surface area contributed by atoms with Crippen molar-refractivity contribution in [1.82, 2.24) is 0 Å². The zero-order valence-corrected chi connectivity index (χ0v) is 11.5. The molecular formula is C13H21ClNO4+. The van der Waals surface area contributed by atoms with Crippen LogP contribution in [0.15, 0.2) is 24.3 Å². The van der Waals surface area contributed by atoms with E-state index < -0.39 is 6.10 Å². The van der Waals surface area contributed by atoms with Crippen molar-refractivity contribution in [2.45, 2.75) is 6.10 Å². The van der Waals surface area contributed by atoms with Gasteiger partial charge in [-0.05, 0) is 24.3 Å². The van der Waals surface area contributed by atoms with E-state index in [9.17, 15) is 5.11 Å². The lowest BCUT2D eigenvalue weighted by Gasteiger charge is -2.20. The largest absolute Gasteiger partial charge is 0.491 e. The highest BCUT2D eigenvalue weighted by Gasteiger charge is 2.14. The van der Waals surface area contributed by atoms with E-state index in [0.29, 0.717) is 30.4 Å². The van der Waals surface area contributed by atoms with E-state index in [-0.39, 0.29) is 19.8 Å². The van der Waals surface area contributed by atoms with Gasteiger partial charge in [0.2, 0.25) is 0 Å². The van der Waals surface area contributed by atoms with Gasteiger partial charge in [-0.1, -0.05) is 11.6 Å². The zero-order valence-electron chi connectivity index (χ0n) is 10.8. The molecule has 1 aromatic rings. The zero-order chi connectivity index (χ0) is 14.1. The molecule has 0 heterocycles. The van der Waals surface area contributed by atoms with Crippen LogP contribution in [-0.4, -0.2) is 60.9 Å². The van der Waals surface area contributed by atoms with Gasteiger partial charge in [0.05, 0.1) is 13.2 Å². The lowest BCUT2D eigenvalue weighted by molar-refractivity contribution is -0.903. The number of hydrogen-bond acceptors (Lipinski definition) is 4. The molecule has 5 nitrogen and oxygen atoms in total. The van der Waals surface area contributed by atoms with Crippen molar-refractivity contribution in [2.24, 2.45) is 0 Å². The molecule has 4 N–H and O–H groups in total. The van der Waals surface area contributed by atoms with Gasteiger partial charge in [0.15, 0.2) is 0 Å². The summed E-state index contributed by atoms with van der Waals surface area (Å²) in [7, 11) is 0. The minimum absolute atomic E-state index is 0.0279. The van der Waals surface area contributed by atoms with E-state index in [1.54, 1.807) is 24.3 Å². The highest BCUT2D eigenvalue weighted by atomic mass is 35.5. The Labute approximate surface area is 118 Å². The molecule has 6 heteroatoms. The van der Waals surface area contributed by atoms with Crippen molar-refractivity contribution in [3.8, 4) is 5.75 Å². The molecule has 0 fully saturated rings. The molecule has 1 aromatic carbocycles. The Kier molecular flexibility index (Phi) is 7.78. The second-order valence-corrected chi connectivity index (χ2v) is 4.76. The van der Waals surface area contributed by atoms with Crippen LogP contribution in [0.5, 0.6) is 5.75 Å². The maximum absolute atomic E-state index is 9.85. The first-order valence-electron chi connectivity index (χ1n) is 6.27. The molecule has 108 valence electrons. The lowest BCUT2D eigenvalue weighted by Crippen LogP contribution is -3.14. The molecule has 0 amide bonds. The van der Waals surface area contributed by atoms with Crippen LogP contribution in [0.25, 0.3) is 0 Å². The maximum Gasteiger partial charge on any atom is 0.137 e. The summed E-state index contributed by atoms with van der Waals surface area (Å²) >= 11 is 5.76. The smallest absolute Gasteiger partial charge is 0.137 e. The predicted octanol–water partition coefficient (Wildman–Crippen LogP) is -1.05. The predicted molar refractivity (Wildman–Crippen MR) is 72.7 cm³/mol. The molecule has 0 aliphatic rings. The number of rotatable bonds is 9. The van der Waals surface area contributed by atoms with Gasteiger partial charge in [-0.25, -0.2) is 0 Å². The van der Waals surface area contributed by atoms with E-state index in [4.69, 9.17) is 26.6 Å². The van der Waals surface area contributed by atoms with Gasteiger partial charge < -0.3 is 25.0 Å². The summed E-state index contributed by atoms with van der Waals surface area (Å²) in [6.07, 6.45) is -0.649. The minimum atomic E-state index is -0.649. The number of aliphatic hydroxyl groups is 3. The number of halogens is 1. The van der Waals surface area contributed by atoms with Crippen molar-refractivity contribution < 1.29 is 25.0 Å². The number of benzene rings is 1. The second kappa shape index (κ2) is 9.12. The number of quaternary nitrogens is 1. The first kappa shape index (κ1) is 16.2. The van der Waals surface area contributed by atoms with Crippen molar-refractivity contribution in [3.63, 3.8) is 0 Å². The Morgan fingerprint density at radius 3 is 2.21 bits per heavy atom. The average molecular weight is 291 g/mol. The van der Waals surface area contributed by atoms with E-state index in [1.807, 2.05) is 0 Å². The Morgan fingerprint density at radius 1 is 1.11 bits per heavy atom. The van der Waals surface area contributed by atoms with Crippen molar-refractivity contribution >= 4 is 11.6 Å². The molecular weight excluding hydrogens is 270 g/mol. The van der Waals surface area contributed by atoms with Crippen LogP contribution in [-0.2, 0) is 0 Å². The van der Waals surface area contributed by atoms with Crippen LogP contribution in [0.4, 0.5) is 0 Å². The molecule has 0 aliphatic carbocycles. The monoisotopic (exact) mass is 290 g/mol. The van der Waals surface area contributed by atoms with Crippen molar-refractivity contribution in [2.75, 3.05) is 39.5 Å². The molecule has 0 saturated heterocycles. The van der Waals surface area contributed by atoms with E-state index in [2.05, 4.69) is 0 Å². The number of aliphatic hydroxyl groups excluding tert-OH is 3. The van der Waals surface area contributed by atoms with Gasteiger partial charge in [0, 0.05) is 5.02 Å². The molecule has 0 aromatic heterocycles. The van der Waals surface area contributed by atoms with Crippen LogP contribution in [0.3, 0.4) is 0 Å². The molecule has 0 saturated carbocycles. The average Bonchev–Trinajstić information content (AvgIpc) is 2.39. The summed E-state index contributed by atoms with van der Waals surface area (Å²) in [5.74, 6) is 0.648. The fourth-order valence-electron chi connectivity index (χ4n) is 1.76. The highest BCUT2D eigenvalue weighted by molar-refractivity contribution is 6.30. The fourth-order valence-corrected chi connectivity index (χ4v) is 1.89. The van der Waals surface area contributed by atoms with Crippen LogP contribution >= 0.6 is 11.6 Å². The van der Waals surface area contributed by atoms with Gasteiger partial charge >= 0.3 is 0 Å². The molecule has 0 bridgehead atoms. The summed E-state index contributed by atoms with van der Waals surface area (Å²) in [5, 5.41) is 28.3. The summed E-state index contributed by atoms with van der Waals surface area (Å²) in [5.41, 5.74) is 0. The fraction of sp³-hybridized carbons (Fsp3) is 0.538. The number of hydrogen-bond donors (Lipinski definition) is 4. The molecule has 1 rings (SSSR count). The molecule has 0 radical (unpaired) electrons. The van der Waals surface area contributed by atoms with Crippen molar-refractivity contribution in [1.29, 1.82) is 0 Å². The van der Waals surface area contributed by atoms with E-state index in [1.165, 1.54) is 0 Å². The van der Waals surface area contributed by atoms with Crippen LogP contribution < -0.4 is 9.64 Å². The normalized spacial score (nSPS) is 12.7. The standard InChI is InChI=1S/C13H20ClNO4/c14-11-1-3-13(4-2-11)19-10-12(18)9-15(5-7-16)6-8-17/h1-4,12,16-18H,5-10H2/p+1/t12-/m1/s1. The minimum Gasteiger partial charge on any atom is -0.491 e. The van der Waals surface area contributed by atoms with Gasteiger partial charge in [0.25, 0.3) is 0 Å². The summed E-state index contributed by atoms with van der Waals surface area (Å²) < 4.78 is 5.43. The van der Waals surface area contributed by atoms with Crippen LogP contribution in [0, 0.1) is 0 Å². The third kappa shape index (κ3) is 6.75. The summed E-state index contributed by atoms with van der Waals surface area (Å²) in [6, 6.07) is 6.92. The van der Waals surface area contributed by atoms with Gasteiger partial charge in [-0.3, -0.25) is 0 Å². The SMILES string of the molecule is OCC[NH+](CCO)C[C@@H](O)COc1ccc(Cl)cc1. The lowest BCUT2D eigenvalue weighted by atomic mass is 10.3. The maximum atomic E-state index is 9.85. The molecule has 19 heavy (non-hydrogen) atoms. The van der Waals surface area contributed by atoms with Gasteiger partial charge in [0.1, 0.15) is 38.1 Å². The summed E-state index contributed by atoms with van der Waals surface area (Å²) in [6.45, 7) is 1.65. The summed E-state index contributed by atoms with van der Waals surface area (Å²) in [4.78, 5) is 0.942. The Morgan fingerprint density at radius 2 is 1.68 bits per heavy atom. The third-order valence-electron chi connectivity index (χ3n) is 2.71. The topological polar surface area (TPSA) is 74.4 Å². The van der Waals surface area contributed by atoms with E-state index in [0.717, 1.165) is 4.90 Å². The van der Waals surface area contributed by atoms with Crippen LogP contribution in [0.2, 0.25) is 5.02 Å². The first-order valence-corrected chi connectivity index (χ1v) is 6.65. The molecule has 1 atom stereocenters. The molecule has 0 spiro atoms. The first-order chi connectivity index (χ1) is 9.15. The second-order valence-electron chi connectivity index (χ2n) is 4.32. The van der Waals surface area contributed by atoms with Crippen LogP contribution in [0.1, 0.15) is 0 Å². The third-order valence-corrected chi connectivity index (χ3v) is 2.96. The van der Waals surface area contributed by atoms with Gasteiger partial charge in [-0.2, -0.15) is 0 Å². The Bertz CT molecular complexity index is 341. The highest BCUT2D eigenvalue weighted by Crippen LogP contribution is 2.15. The molecule has 0 aliphatic heterocycles. The number of nitrogens with one attached hydrogen (secondary N) is 1. The van der Waals surface area contributed by atoms with Crippen molar-refractivity contribution in [3.05, 3.63) is 29.3 Å². The Hall–Kier alpha value is -0.850. The van der Waals surface area contributed by atoms with E-state index >= 15 is 0 Å². The number of ether oxygens (including phenoxy) is 1. The molecule has 0 unspecified atom stereocenters. The van der Waals surface area contributed by atoms with Gasteiger partial charge in [-0.15, -0.1) is 0 Å². The Balaban J connectivity index is 2.33. The quantitative estimate of drug-likeness (QED) is 0.468.